The number of hydrogen-bond donors (Lipinski definition) is 1. The molecular weight excluding hydrogens is 258 g/mol. The first-order valence-corrected chi connectivity index (χ1v) is 6.78. The number of anilines is 1. The van der Waals surface area contributed by atoms with E-state index in [1.165, 1.54) is 31.0 Å². The van der Waals surface area contributed by atoms with E-state index in [0.29, 0.717) is 18.2 Å². The van der Waals surface area contributed by atoms with Crippen molar-refractivity contribution < 1.29 is 9.72 Å². The number of benzene rings is 1. The number of amides is 1. The average Bonchev–Trinajstić information content (AvgIpc) is 2.90. The Balaban J connectivity index is 2.18. The molecule has 1 aromatic carbocycles. The van der Waals surface area contributed by atoms with Crippen LogP contribution in [0.2, 0.25) is 0 Å². The molecule has 2 N–H and O–H groups in total. The summed E-state index contributed by atoms with van der Waals surface area (Å²) in [5.74, 6) is 0.167. The molecular formula is C14H19N3O3. The molecule has 108 valence electrons. The molecule has 0 aromatic heterocycles. The van der Waals surface area contributed by atoms with Crippen molar-refractivity contribution in [3.05, 3.63) is 33.9 Å². The summed E-state index contributed by atoms with van der Waals surface area (Å²) in [6, 6.07) is 4.10. The number of nitro groups is 1. The van der Waals surface area contributed by atoms with Crippen LogP contribution in [0.25, 0.3) is 0 Å². The maximum absolute atomic E-state index is 12.4. The third-order valence-corrected chi connectivity index (χ3v) is 3.80. The van der Waals surface area contributed by atoms with E-state index in [9.17, 15) is 14.9 Å². The van der Waals surface area contributed by atoms with Crippen LogP contribution in [0.1, 0.15) is 36.0 Å². The van der Waals surface area contributed by atoms with Crippen LogP contribution in [0.4, 0.5) is 11.4 Å². The van der Waals surface area contributed by atoms with Gasteiger partial charge in [-0.2, -0.15) is 0 Å². The lowest BCUT2D eigenvalue weighted by molar-refractivity contribution is -0.385. The minimum atomic E-state index is -0.546. The quantitative estimate of drug-likeness (QED) is 0.520. The lowest BCUT2D eigenvalue weighted by Gasteiger charge is -2.21. The second kappa shape index (κ2) is 5.90. The summed E-state index contributed by atoms with van der Waals surface area (Å²) in [5.41, 5.74) is 5.86. The van der Waals surface area contributed by atoms with Crippen molar-refractivity contribution in [3.63, 3.8) is 0 Å². The van der Waals surface area contributed by atoms with Crippen LogP contribution < -0.4 is 5.73 Å². The zero-order valence-corrected chi connectivity index (χ0v) is 11.5. The Morgan fingerprint density at radius 1 is 1.45 bits per heavy atom. The maximum Gasteiger partial charge on any atom is 0.282 e. The number of hydrogen-bond acceptors (Lipinski definition) is 4. The molecule has 1 amide bonds. The lowest BCUT2D eigenvalue weighted by Crippen LogP contribution is -2.31. The molecule has 1 aromatic rings. The molecule has 1 fully saturated rings. The number of carbonyl (C=O) groups is 1. The van der Waals surface area contributed by atoms with Gasteiger partial charge in [-0.05, 0) is 30.9 Å². The van der Waals surface area contributed by atoms with Gasteiger partial charge in [0.25, 0.3) is 11.6 Å². The van der Waals surface area contributed by atoms with Crippen LogP contribution in [0.3, 0.4) is 0 Å². The largest absolute Gasteiger partial charge is 0.399 e. The minimum Gasteiger partial charge on any atom is -0.399 e. The van der Waals surface area contributed by atoms with Gasteiger partial charge in [0.2, 0.25) is 0 Å². The summed E-state index contributed by atoms with van der Waals surface area (Å²) in [4.78, 5) is 24.4. The van der Waals surface area contributed by atoms with Gasteiger partial charge in [-0.1, -0.05) is 12.8 Å². The van der Waals surface area contributed by atoms with E-state index in [4.69, 9.17) is 5.73 Å². The summed E-state index contributed by atoms with van der Waals surface area (Å²) in [6.07, 6.45) is 4.64. The molecule has 0 heterocycles. The first-order chi connectivity index (χ1) is 9.49. The maximum atomic E-state index is 12.4. The SMILES string of the molecule is CN(CC1CCCC1)C(=O)c1cc(N)ccc1[N+](=O)[O-]. The van der Waals surface area contributed by atoms with E-state index in [0.717, 1.165) is 12.8 Å². The van der Waals surface area contributed by atoms with Crippen molar-refractivity contribution in [2.45, 2.75) is 25.7 Å². The van der Waals surface area contributed by atoms with E-state index in [-0.39, 0.29) is 17.2 Å². The fourth-order valence-electron chi connectivity index (χ4n) is 2.75. The first kappa shape index (κ1) is 14.3. The molecule has 20 heavy (non-hydrogen) atoms. The molecule has 0 spiro atoms. The molecule has 1 saturated carbocycles. The van der Waals surface area contributed by atoms with E-state index in [2.05, 4.69) is 0 Å². The average molecular weight is 277 g/mol. The van der Waals surface area contributed by atoms with Crippen LogP contribution in [-0.4, -0.2) is 29.3 Å². The third kappa shape index (κ3) is 3.07. The van der Waals surface area contributed by atoms with Crippen LogP contribution >= 0.6 is 0 Å². The number of rotatable bonds is 4. The van der Waals surface area contributed by atoms with Crippen molar-refractivity contribution in [3.8, 4) is 0 Å². The van der Waals surface area contributed by atoms with Gasteiger partial charge in [0.05, 0.1) is 4.92 Å². The highest BCUT2D eigenvalue weighted by Gasteiger charge is 2.25. The molecule has 0 atom stereocenters. The molecule has 2 rings (SSSR count). The normalized spacial score (nSPS) is 15.2. The van der Waals surface area contributed by atoms with Crippen LogP contribution in [0.15, 0.2) is 18.2 Å². The summed E-state index contributed by atoms with van der Waals surface area (Å²) >= 11 is 0. The van der Waals surface area contributed by atoms with E-state index >= 15 is 0 Å². The molecule has 1 aliphatic carbocycles. The van der Waals surface area contributed by atoms with Crippen molar-refractivity contribution in [2.75, 3.05) is 19.3 Å². The summed E-state index contributed by atoms with van der Waals surface area (Å²) in [6.45, 7) is 0.644. The monoisotopic (exact) mass is 277 g/mol. The van der Waals surface area contributed by atoms with Gasteiger partial charge < -0.3 is 10.6 Å². The van der Waals surface area contributed by atoms with Crippen molar-refractivity contribution in [2.24, 2.45) is 5.92 Å². The van der Waals surface area contributed by atoms with Gasteiger partial charge in [-0.25, -0.2) is 0 Å². The lowest BCUT2D eigenvalue weighted by atomic mass is 10.1. The second-order valence-corrected chi connectivity index (χ2v) is 5.37. The molecule has 0 radical (unpaired) electrons. The first-order valence-electron chi connectivity index (χ1n) is 6.78. The Morgan fingerprint density at radius 3 is 2.70 bits per heavy atom. The highest BCUT2D eigenvalue weighted by atomic mass is 16.6. The number of nitro benzene ring substituents is 1. The Labute approximate surface area is 117 Å². The Kier molecular flexibility index (Phi) is 4.22. The van der Waals surface area contributed by atoms with Gasteiger partial charge in [0.15, 0.2) is 0 Å². The zero-order valence-electron chi connectivity index (χ0n) is 11.5. The Morgan fingerprint density at radius 2 is 2.10 bits per heavy atom. The Hall–Kier alpha value is -2.11. The molecule has 6 heteroatoms. The van der Waals surface area contributed by atoms with Crippen LogP contribution in [-0.2, 0) is 0 Å². The van der Waals surface area contributed by atoms with E-state index in [1.807, 2.05) is 0 Å². The fraction of sp³-hybridized carbons (Fsp3) is 0.500. The predicted octanol–water partition coefficient (Wildman–Crippen LogP) is 2.44. The van der Waals surface area contributed by atoms with Crippen LogP contribution in [0.5, 0.6) is 0 Å². The van der Waals surface area contributed by atoms with Gasteiger partial charge in [-0.15, -0.1) is 0 Å². The molecule has 0 unspecified atom stereocenters. The van der Waals surface area contributed by atoms with Gasteiger partial charge in [-0.3, -0.25) is 14.9 Å². The number of nitrogens with two attached hydrogens (primary N) is 1. The van der Waals surface area contributed by atoms with Crippen LogP contribution in [0, 0.1) is 16.0 Å². The topological polar surface area (TPSA) is 89.5 Å². The summed E-state index contributed by atoms with van der Waals surface area (Å²) in [5, 5.41) is 11.0. The van der Waals surface area contributed by atoms with E-state index in [1.54, 1.807) is 11.9 Å². The third-order valence-electron chi connectivity index (χ3n) is 3.80. The summed E-state index contributed by atoms with van der Waals surface area (Å²) < 4.78 is 0. The minimum absolute atomic E-state index is 0.0653. The van der Waals surface area contributed by atoms with Crippen molar-refractivity contribution >= 4 is 17.3 Å². The molecule has 0 aliphatic heterocycles. The highest BCUT2D eigenvalue weighted by molar-refractivity contribution is 5.98. The van der Waals surface area contributed by atoms with E-state index < -0.39 is 4.92 Å². The molecule has 1 aliphatic rings. The van der Waals surface area contributed by atoms with Gasteiger partial charge >= 0.3 is 0 Å². The van der Waals surface area contributed by atoms with Gasteiger partial charge in [0, 0.05) is 25.3 Å². The predicted molar refractivity (Wildman–Crippen MR) is 76.4 cm³/mol. The number of nitrogen functional groups attached to an aromatic ring is 1. The highest BCUT2D eigenvalue weighted by Crippen LogP contribution is 2.27. The van der Waals surface area contributed by atoms with Crippen molar-refractivity contribution in [1.82, 2.24) is 4.90 Å². The standard InChI is InChI=1S/C14H19N3O3/c1-16(9-10-4-2-3-5-10)14(18)12-8-11(15)6-7-13(12)17(19)20/h6-8,10H,2-5,9,15H2,1H3. The molecule has 6 nitrogen and oxygen atoms in total. The second-order valence-electron chi connectivity index (χ2n) is 5.37. The van der Waals surface area contributed by atoms with Crippen molar-refractivity contribution in [1.29, 1.82) is 0 Å². The fourth-order valence-corrected chi connectivity index (χ4v) is 2.75. The number of carbonyl (C=O) groups excluding carboxylic acids is 1. The van der Waals surface area contributed by atoms with Gasteiger partial charge in [0.1, 0.15) is 5.56 Å². The summed E-state index contributed by atoms with van der Waals surface area (Å²) in [7, 11) is 1.69. The number of nitrogens with zero attached hydrogens (tertiary/aromatic N) is 2. The Bertz CT molecular complexity index is 524. The molecule has 0 bridgehead atoms. The molecule has 0 saturated heterocycles. The zero-order chi connectivity index (χ0) is 14.7. The smallest absolute Gasteiger partial charge is 0.282 e.